The molecule has 2 heterocycles. The Hall–Kier alpha value is -9.88. The molecular weight excluding hydrogens is 979 g/mol. The van der Waals surface area contributed by atoms with Gasteiger partial charge in [0, 0.05) is 55.6 Å². The van der Waals surface area contributed by atoms with Gasteiger partial charge in [-0.25, -0.2) is 0 Å². The number of nitrogens with zero attached hydrogens (tertiary/aromatic N) is 3. The highest BCUT2D eigenvalue weighted by Gasteiger charge is 2.39. The van der Waals surface area contributed by atoms with Crippen molar-refractivity contribution in [3.63, 3.8) is 0 Å². The first-order valence-corrected chi connectivity index (χ1v) is 28.3. The Bertz CT molecular complexity index is 4110. The van der Waals surface area contributed by atoms with Crippen LogP contribution in [0.3, 0.4) is 0 Å². The maximum absolute atomic E-state index is 4.60. The number of aromatic nitrogens is 1. The molecule has 0 radical (unpaired) electrons. The Morgan fingerprint density at radius 2 is 0.951 bits per heavy atom. The summed E-state index contributed by atoms with van der Waals surface area (Å²) in [5, 5.41) is 3.81. The summed E-state index contributed by atoms with van der Waals surface area (Å²) in [5.41, 5.74) is 19.8. The summed E-state index contributed by atoms with van der Waals surface area (Å²) in [4.78, 5) is 4.92. The zero-order valence-electron chi connectivity index (χ0n) is 46.5. The van der Waals surface area contributed by atoms with Gasteiger partial charge in [-0.1, -0.05) is 232 Å². The number of hydrogen-bond donors (Lipinski definition) is 0. The average Bonchev–Trinajstić information content (AvgIpc) is 4.24. The van der Waals surface area contributed by atoms with Crippen molar-refractivity contribution in [3.8, 4) is 40.3 Å². The van der Waals surface area contributed by atoms with Gasteiger partial charge < -0.3 is 14.4 Å². The van der Waals surface area contributed by atoms with Gasteiger partial charge in [0.25, 0.3) is 0 Å². The van der Waals surface area contributed by atoms with E-state index in [1.54, 1.807) is 6.92 Å². The smallest absolute Gasteiger partial charge is 0.0701 e. The molecule has 1 aliphatic heterocycles. The Morgan fingerprint density at radius 3 is 1.46 bits per heavy atom. The molecule has 2 atom stereocenters. The molecule has 0 N–H and O–H groups in total. The fourth-order valence-corrected chi connectivity index (χ4v) is 12.7. The van der Waals surface area contributed by atoms with Crippen LogP contribution in [-0.4, -0.2) is 10.6 Å². The number of anilines is 5. The van der Waals surface area contributed by atoms with Gasteiger partial charge in [0.05, 0.1) is 17.0 Å². The summed E-state index contributed by atoms with van der Waals surface area (Å²) in [6.07, 6.45) is 17.0. The molecule has 11 aromatic rings. The third kappa shape index (κ3) is 9.49. The largest absolute Gasteiger partial charge is 0.333 e. The number of fused-ring (bicyclic) bond motifs is 4. The summed E-state index contributed by atoms with van der Waals surface area (Å²) in [5.74, 6) is 2.65. The second-order valence-electron chi connectivity index (χ2n) is 21.0. The Kier molecular flexibility index (Phi) is 14.6. The van der Waals surface area contributed by atoms with Gasteiger partial charge in [0.15, 0.2) is 0 Å². The van der Waals surface area contributed by atoms with Crippen LogP contribution in [-0.2, 0) is 5.41 Å². The number of hydrogen-bond acceptors (Lipinski definition) is 2. The number of rotatable bonds is 12. The molecule has 0 fully saturated rings. The molecule has 0 saturated carbocycles. The van der Waals surface area contributed by atoms with Crippen molar-refractivity contribution in [1.29, 1.82) is 0 Å². The first-order chi connectivity index (χ1) is 39.9. The van der Waals surface area contributed by atoms with E-state index >= 15 is 0 Å². The predicted octanol–water partition coefficient (Wildman–Crippen LogP) is 18.6. The number of para-hydroxylation sites is 2. The van der Waals surface area contributed by atoms with Crippen LogP contribution in [0.15, 0.2) is 279 Å². The molecule has 1 aromatic heterocycles. The first-order valence-electron chi connectivity index (χ1n) is 28.3. The minimum absolute atomic E-state index is 0.278. The van der Waals surface area contributed by atoms with Crippen LogP contribution in [0.1, 0.15) is 61.9 Å². The summed E-state index contributed by atoms with van der Waals surface area (Å²) in [6.45, 7) is 8.33. The lowest BCUT2D eigenvalue weighted by atomic mass is 9.65. The van der Waals surface area contributed by atoms with E-state index in [1.807, 2.05) is 0 Å². The summed E-state index contributed by atoms with van der Waals surface area (Å²) in [6, 6.07) is 96.3. The predicted molar refractivity (Wildman–Crippen MR) is 344 cm³/mol. The third-order valence-corrected chi connectivity index (χ3v) is 16.3. The van der Waals surface area contributed by atoms with E-state index in [0.29, 0.717) is 5.92 Å². The van der Waals surface area contributed by atoms with Crippen molar-refractivity contribution in [3.05, 3.63) is 317 Å². The Morgan fingerprint density at radius 1 is 0.519 bits per heavy atom. The van der Waals surface area contributed by atoms with Crippen molar-refractivity contribution in [2.75, 3.05) is 9.80 Å². The molecule has 3 heteroatoms. The van der Waals surface area contributed by atoms with Crippen molar-refractivity contribution in [1.82, 2.24) is 4.57 Å². The quantitative estimate of drug-likeness (QED) is 0.0892. The van der Waals surface area contributed by atoms with E-state index in [9.17, 15) is 0 Å². The van der Waals surface area contributed by atoms with Crippen molar-refractivity contribution in [2.24, 2.45) is 5.92 Å². The molecular formula is C78H65N3. The molecule has 10 aromatic carbocycles. The molecule has 2 aliphatic rings. The highest BCUT2D eigenvalue weighted by Crippen LogP contribution is 2.50. The molecule has 2 unspecified atom stereocenters. The number of terminal acetylenes is 1. The monoisotopic (exact) mass is 1040 g/mol. The molecule has 1 aliphatic carbocycles. The van der Waals surface area contributed by atoms with E-state index in [1.165, 1.54) is 82.9 Å². The van der Waals surface area contributed by atoms with Gasteiger partial charge in [0.1, 0.15) is 0 Å². The fraction of sp³-hybridized carbons (Fsp3) is 0.103. The van der Waals surface area contributed by atoms with Crippen molar-refractivity contribution >= 4 is 57.1 Å². The van der Waals surface area contributed by atoms with E-state index in [2.05, 4.69) is 339 Å². The average molecular weight is 1040 g/mol. The second kappa shape index (κ2) is 22.8. The van der Waals surface area contributed by atoms with Crippen molar-refractivity contribution in [2.45, 2.75) is 45.6 Å². The maximum Gasteiger partial charge on any atom is 0.0701 e. The van der Waals surface area contributed by atoms with Crippen LogP contribution in [0.4, 0.5) is 28.4 Å². The van der Waals surface area contributed by atoms with Crippen molar-refractivity contribution < 1.29 is 0 Å². The lowest BCUT2D eigenvalue weighted by Crippen LogP contribution is -2.33. The topological polar surface area (TPSA) is 11.4 Å². The molecule has 392 valence electrons. The number of allylic oxidation sites excluding steroid dienone is 2. The molecule has 81 heavy (non-hydrogen) atoms. The molecule has 0 spiro atoms. The molecule has 0 amide bonds. The van der Waals surface area contributed by atoms with Crippen LogP contribution >= 0.6 is 0 Å². The zero-order chi connectivity index (χ0) is 55.3. The number of benzene rings is 10. The highest BCUT2D eigenvalue weighted by molar-refractivity contribution is 5.94. The zero-order valence-corrected chi connectivity index (χ0v) is 46.5. The first kappa shape index (κ1) is 51.9. The van der Waals surface area contributed by atoms with E-state index < -0.39 is 5.41 Å². The van der Waals surface area contributed by atoms with Crippen LogP contribution in [0.25, 0.3) is 56.6 Å². The lowest BCUT2D eigenvalue weighted by Gasteiger charge is -2.37. The standard InChI is InChI=1S/C75H61N3.C3H4/c1-4-20-67-68-28-15-17-31-72(68)77(71(67)5-2)65-47-37-56(38-48-65)54-33-43-62(44-34-54)76(64-51-41-61(42-52-64)75(58-22-9-6-10-23-58,59-24-11-7-12-25-59)60-26-13-8-14-27-60)63-45-35-55(36-46-63)57-39-49-66(50-40-57)78-73-32-18-16-29-69(73)70-30-19-21-53(3)74(70)78;1-3-2/h5-53,74H,4H2,1-3H3;1H,2H3/b67-20-,71-5+;. The van der Waals surface area contributed by atoms with Crippen LogP contribution < -0.4 is 20.4 Å². The molecule has 0 saturated heterocycles. The second-order valence-corrected chi connectivity index (χ2v) is 21.0. The van der Waals surface area contributed by atoms with Gasteiger partial charge >= 0.3 is 0 Å². The third-order valence-electron chi connectivity index (χ3n) is 16.3. The SMILES string of the molecule is C#CC.C/C=c1\c(=C/CC)c2ccccc2n1-c1ccc(-c2ccc(N(c3ccc(-c4ccc(N5c6ccccc6C6=CC=CC(C)C65)cc4)cc3)c3ccc(C(c4ccccc4)(c4ccccc4)c4ccccc4)cc3)cc2)cc1. The maximum atomic E-state index is 4.60. The Labute approximate surface area is 478 Å². The Balaban J connectivity index is 0.00000212. The minimum atomic E-state index is -0.550. The lowest BCUT2D eigenvalue weighted by molar-refractivity contribution is 0.637. The molecule has 3 nitrogen and oxygen atoms in total. The van der Waals surface area contributed by atoms with E-state index in [0.717, 1.165) is 34.7 Å². The normalized spacial score (nSPS) is 14.9. The van der Waals surface area contributed by atoms with Gasteiger partial charge in [-0.05, 0) is 149 Å². The van der Waals surface area contributed by atoms with E-state index in [-0.39, 0.29) is 6.04 Å². The van der Waals surface area contributed by atoms with E-state index in [4.69, 9.17) is 0 Å². The van der Waals surface area contributed by atoms with Gasteiger partial charge in [0.2, 0.25) is 0 Å². The summed E-state index contributed by atoms with van der Waals surface area (Å²) < 4.78 is 2.39. The molecule has 0 bridgehead atoms. The summed E-state index contributed by atoms with van der Waals surface area (Å²) >= 11 is 0. The van der Waals surface area contributed by atoms with Crippen LogP contribution in [0.5, 0.6) is 0 Å². The minimum Gasteiger partial charge on any atom is -0.333 e. The fourth-order valence-electron chi connectivity index (χ4n) is 12.7. The van der Waals surface area contributed by atoms with Gasteiger partial charge in [-0.3, -0.25) is 0 Å². The van der Waals surface area contributed by atoms with Crippen LogP contribution in [0, 0.1) is 18.3 Å². The molecule has 13 rings (SSSR count). The summed E-state index contributed by atoms with van der Waals surface area (Å²) in [7, 11) is 0. The van der Waals surface area contributed by atoms with Crippen LogP contribution in [0.2, 0.25) is 0 Å². The van der Waals surface area contributed by atoms with Gasteiger partial charge in [-0.15, -0.1) is 12.3 Å². The highest BCUT2D eigenvalue weighted by atomic mass is 15.2. The van der Waals surface area contributed by atoms with Gasteiger partial charge in [-0.2, -0.15) is 0 Å².